The van der Waals surface area contributed by atoms with Crippen molar-refractivity contribution in [3.8, 4) is 0 Å². The number of ketones is 1. The van der Waals surface area contributed by atoms with Gasteiger partial charge >= 0.3 is 0 Å². The molecule has 3 rings (SSSR count). The first-order chi connectivity index (χ1) is 9.13. The number of carbonyl (C=O) groups excluding carboxylic acids is 1. The second-order valence-electron chi connectivity index (χ2n) is 5.47. The van der Waals surface area contributed by atoms with Crippen LogP contribution < -0.4 is 5.32 Å². The van der Waals surface area contributed by atoms with Crippen molar-refractivity contribution < 1.29 is 4.79 Å². The minimum Gasteiger partial charge on any atom is -0.307 e. The van der Waals surface area contributed by atoms with E-state index in [9.17, 15) is 4.79 Å². The molecule has 1 aliphatic carbocycles. The smallest absolute Gasteiger partial charge is 0.176 e. The summed E-state index contributed by atoms with van der Waals surface area (Å²) >= 11 is 1.72. The molecule has 0 spiro atoms. The van der Waals surface area contributed by atoms with Crippen molar-refractivity contribution in [3.05, 3.63) is 28.8 Å². The number of hydrogen-bond donors (Lipinski definition) is 1. The molecule has 0 radical (unpaired) electrons. The lowest BCUT2D eigenvalue weighted by molar-refractivity contribution is 0.0990. The molecular formula is C15H18N2OS. The van der Waals surface area contributed by atoms with E-state index in [1.165, 1.54) is 12.8 Å². The van der Waals surface area contributed by atoms with Gasteiger partial charge in [0.25, 0.3) is 0 Å². The molecule has 0 unspecified atom stereocenters. The van der Waals surface area contributed by atoms with Crippen LogP contribution >= 0.6 is 11.3 Å². The predicted octanol–water partition coefficient (Wildman–Crippen LogP) is 3.35. The number of rotatable bonds is 5. The summed E-state index contributed by atoms with van der Waals surface area (Å²) in [6, 6.07) is 6.43. The van der Waals surface area contributed by atoms with Gasteiger partial charge in [-0.15, -0.1) is 11.3 Å². The zero-order chi connectivity index (χ0) is 13.4. The Morgan fingerprint density at radius 1 is 1.47 bits per heavy atom. The fourth-order valence-electron chi connectivity index (χ4n) is 1.99. The Kier molecular flexibility index (Phi) is 3.37. The number of aromatic nitrogens is 1. The summed E-state index contributed by atoms with van der Waals surface area (Å²) in [5.41, 5.74) is 1.72. The lowest BCUT2D eigenvalue weighted by atomic mass is 10.1. The van der Waals surface area contributed by atoms with Crippen molar-refractivity contribution in [2.45, 2.75) is 38.6 Å². The van der Waals surface area contributed by atoms with Gasteiger partial charge in [-0.05, 0) is 31.0 Å². The summed E-state index contributed by atoms with van der Waals surface area (Å²) in [4.78, 5) is 16.7. The van der Waals surface area contributed by atoms with Crippen LogP contribution in [0.4, 0.5) is 0 Å². The largest absolute Gasteiger partial charge is 0.307 e. The Morgan fingerprint density at radius 3 is 2.95 bits per heavy atom. The summed E-state index contributed by atoms with van der Waals surface area (Å²) in [5.74, 6) is 0.598. The minimum absolute atomic E-state index is 0.160. The van der Waals surface area contributed by atoms with E-state index in [-0.39, 0.29) is 5.78 Å². The van der Waals surface area contributed by atoms with E-state index in [0.29, 0.717) is 18.5 Å². The molecule has 1 saturated carbocycles. The van der Waals surface area contributed by atoms with Crippen LogP contribution in [0.3, 0.4) is 0 Å². The quantitative estimate of drug-likeness (QED) is 0.850. The Hall–Kier alpha value is -1.26. The van der Waals surface area contributed by atoms with E-state index in [4.69, 9.17) is 0 Å². The van der Waals surface area contributed by atoms with E-state index in [1.54, 1.807) is 11.3 Å². The normalized spacial score (nSPS) is 15.3. The molecule has 100 valence electrons. The minimum atomic E-state index is 0.160. The summed E-state index contributed by atoms with van der Waals surface area (Å²) < 4.78 is 1.16. The van der Waals surface area contributed by atoms with Gasteiger partial charge in [-0.3, -0.25) is 4.79 Å². The summed E-state index contributed by atoms with van der Waals surface area (Å²) in [6.45, 7) is 4.73. The first-order valence-electron chi connectivity index (χ1n) is 6.80. The molecule has 0 bridgehead atoms. The van der Waals surface area contributed by atoms with Crippen LogP contribution in [0.15, 0.2) is 18.2 Å². The van der Waals surface area contributed by atoms with Gasteiger partial charge in [0.2, 0.25) is 0 Å². The number of thiazole rings is 1. The maximum Gasteiger partial charge on any atom is 0.176 e. The highest BCUT2D eigenvalue weighted by Gasteiger charge is 2.21. The monoisotopic (exact) mass is 274 g/mol. The second-order valence-corrected chi connectivity index (χ2v) is 6.53. The van der Waals surface area contributed by atoms with Crippen LogP contribution in [0.2, 0.25) is 0 Å². The summed E-state index contributed by atoms with van der Waals surface area (Å²) in [5, 5.41) is 4.39. The third-order valence-corrected chi connectivity index (χ3v) is 4.69. The standard InChI is InChI=1S/C15H18N2OS/c1-9(2)15-17-12-7-10(3-6-14(12)19-15)13(18)8-16-11-4-5-11/h3,6-7,9,11,16H,4-5,8H2,1-2H3. The van der Waals surface area contributed by atoms with Crippen LogP contribution in [0.5, 0.6) is 0 Å². The SMILES string of the molecule is CC(C)c1nc2cc(C(=O)CNC3CC3)ccc2s1. The Labute approximate surface area is 117 Å². The predicted molar refractivity (Wildman–Crippen MR) is 79.1 cm³/mol. The highest BCUT2D eigenvalue weighted by atomic mass is 32.1. The first kappa shape index (κ1) is 12.8. The Bertz CT molecular complexity index is 614. The highest BCUT2D eigenvalue weighted by molar-refractivity contribution is 7.18. The third-order valence-electron chi connectivity index (χ3n) is 3.35. The zero-order valence-electron chi connectivity index (χ0n) is 11.3. The van der Waals surface area contributed by atoms with Crippen LogP contribution in [0.25, 0.3) is 10.2 Å². The van der Waals surface area contributed by atoms with E-state index in [2.05, 4.69) is 24.1 Å². The van der Waals surface area contributed by atoms with Crippen molar-refractivity contribution in [3.63, 3.8) is 0 Å². The van der Waals surface area contributed by atoms with Crippen molar-refractivity contribution in [1.82, 2.24) is 10.3 Å². The second kappa shape index (κ2) is 5.02. The van der Waals surface area contributed by atoms with Crippen LogP contribution in [-0.2, 0) is 0 Å². The van der Waals surface area contributed by atoms with E-state index < -0.39 is 0 Å². The van der Waals surface area contributed by atoms with Gasteiger partial charge in [-0.1, -0.05) is 13.8 Å². The maximum atomic E-state index is 12.1. The van der Waals surface area contributed by atoms with Crippen molar-refractivity contribution >= 4 is 27.3 Å². The van der Waals surface area contributed by atoms with Crippen LogP contribution in [0.1, 0.15) is 48.0 Å². The van der Waals surface area contributed by atoms with Gasteiger partial charge in [-0.25, -0.2) is 4.98 Å². The number of nitrogens with zero attached hydrogens (tertiary/aromatic N) is 1. The molecule has 0 saturated heterocycles. The summed E-state index contributed by atoms with van der Waals surface area (Å²) in [7, 11) is 0. The van der Waals surface area contributed by atoms with Gasteiger partial charge in [-0.2, -0.15) is 0 Å². The van der Waals surface area contributed by atoms with Gasteiger partial charge in [0, 0.05) is 17.5 Å². The van der Waals surface area contributed by atoms with Gasteiger partial charge in [0.1, 0.15) is 0 Å². The molecule has 1 N–H and O–H groups in total. The number of carbonyl (C=O) groups is 1. The number of Topliss-reactive ketones (excluding diaryl/α,β-unsaturated/α-hetero) is 1. The molecule has 1 aromatic heterocycles. The zero-order valence-corrected chi connectivity index (χ0v) is 12.1. The van der Waals surface area contributed by atoms with E-state index in [0.717, 1.165) is 20.8 Å². The molecule has 0 amide bonds. The van der Waals surface area contributed by atoms with Crippen LogP contribution in [-0.4, -0.2) is 23.4 Å². The summed E-state index contributed by atoms with van der Waals surface area (Å²) in [6.07, 6.45) is 2.41. The Balaban J connectivity index is 1.81. The van der Waals surface area contributed by atoms with E-state index >= 15 is 0 Å². The molecule has 2 aromatic rings. The van der Waals surface area contributed by atoms with Gasteiger partial charge in [0.05, 0.1) is 21.8 Å². The number of nitrogens with one attached hydrogen (secondary N) is 1. The average molecular weight is 274 g/mol. The highest BCUT2D eigenvalue weighted by Crippen LogP contribution is 2.28. The molecule has 1 aromatic carbocycles. The average Bonchev–Trinajstić information content (AvgIpc) is 3.12. The molecular weight excluding hydrogens is 256 g/mol. The fourth-order valence-corrected chi connectivity index (χ4v) is 2.94. The fraction of sp³-hybridized carbons (Fsp3) is 0.467. The maximum absolute atomic E-state index is 12.1. The van der Waals surface area contributed by atoms with E-state index in [1.807, 2.05) is 18.2 Å². The molecule has 0 aliphatic heterocycles. The van der Waals surface area contributed by atoms with Gasteiger partial charge in [0.15, 0.2) is 5.78 Å². The molecule has 1 fully saturated rings. The number of benzene rings is 1. The lowest BCUT2D eigenvalue weighted by Gasteiger charge is -2.02. The topological polar surface area (TPSA) is 42.0 Å². The van der Waals surface area contributed by atoms with Crippen molar-refractivity contribution in [2.24, 2.45) is 0 Å². The van der Waals surface area contributed by atoms with Crippen LogP contribution in [0, 0.1) is 0 Å². The van der Waals surface area contributed by atoms with Gasteiger partial charge < -0.3 is 5.32 Å². The molecule has 3 nitrogen and oxygen atoms in total. The number of hydrogen-bond acceptors (Lipinski definition) is 4. The number of fused-ring (bicyclic) bond motifs is 1. The Morgan fingerprint density at radius 2 is 2.26 bits per heavy atom. The molecule has 1 heterocycles. The first-order valence-corrected chi connectivity index (χ1v) is 7.62. The molecule has 19 heavy (non-hydrogen) atoms. The molecule has 0 atom stereocenters. The van der Waals surface area contributed by atoms with Crippen molar-refractivity contribution in [2.75, 3.05) is 6.54 Å². The molecule has 1 aliphatic rings. The van der Waals surface area contributed by atoms with Crippen molar-refractivity contribution in [1.29, 1.82) is 0 Å². The molecule has 4 heteroatoms. The lowest BCUT2D eigenvalue weighted by Crippen LogP contribution is -2.24. The third kappa shape index (κ3) is 2.85.